The molecule has 4 nitrogen and oxygen atoms in total. The number of hydrogen-bond donors (Lipinski definition) is 1. The Morgan fingerprint density at radius 1 is 1.50 bits per heavy atom. The van der Waals surface area contributed by atoms with Crippen LogP contribution >= 0.6 is 11.3 Å². The van der Waals surface area contributed by atoms with Gasteiger partial charge in [0.15, 0.2) is 0 Å². The Bertz CT molecular complexity index is 421. The fourth-order valence-corrected chi connectivity index (χ4v) is 3.59. The van der Waals surface area contributed by atoms with Crippen LogP contribution in [0.4, 0.5) is 0 Å². The first-order valence-electron chi connectivity index (χ1n) is 6.43. The lowest BCUT2D eigenvalue weighted by Gasteiger charge is -2.27. The summed E-state index contributed by atoms with van der Waals surface area (Å²) in [5, 5.41) is 4.21. The summed E-state index contributed by atoms with van der Waals surface area (Å²) in [5.41, 5.74) is 7.20. The number of thiophene rings is 1. The summed E-state index contributed by atoms with van der Waals surface area (Å²) in [6.07, 6.45) is 2.14. The molecule has 0 radical (unpaired) electrons. The average Bonchev–Trinajstić information content (AvgIpc) is 3.09. The number of carbonyl (C=O) groups is 1. The molecule has 3 atom stereocenters. The SMILES string of the molecule is NC1COCC1C(=O)N1CCCC1c1ccsc1. The van der Waals surface area contributed by atoms with E-state index in [1.165, 1.54) is 5.56 Å². The van der Waals surface area contributed by atoms with Crippen molar-refractivity contribution in [2.24, 2.45) is 11.7 Å². The van der Waals surface area contributed by atoms with Crippen molar-refractivity contribution >= 4 is 17.2 Å². The second-order valence-corrected chi connectivity index (χ2v) is 5.83. The van der Waals surface area contributed by atoms with Gasteiger partial charge in [-0.2, -0.15) is 11.3 Å². The first-order valence-corrected chi connectivity index (χ1v) is 7.37. The molecule has 1 aromatic rings. The zero-order valence-corrected chi connectivity index (χ0v) is 11.1. The minimum atomic E-state index is -0.149. The lowest BCUT2D eigenvalue weighted by atomic mass is 10.0. The van der Waals surface area contributed by atoms with E-state index in [0.29, 0.717) is 13.2 Å². The van der Waals surface area contributed by atoms with E-state index in [0.717, 1.165) is 19.4 Å². The molecule has 98 valence electrons. The van der Waals surface area contributed by atoms with Crippen LogP contribution in [-0.4, -0.2) is 36.6 Å². The van der Waals surface area contributed by atoms with E-state index in [1.807, 2.05) is 4.90 Å². The van der Waals surface area contributed by atoms with Gasteiger partial charge >= 0.3 is 0 Å². The highest BCUT2D eigenvalue weighted by Crippen LogP contribution is 2.34. The molecule has 3 unspecified atom stereocenters. The van der Waals surface area contributed by atoms with Crippen molar-refractivity contribution in [1.82, 2.24) is 4.90 Å². The van der Waals surface area contributed by atoms with E-state index >= 15 is 0 Å². The van der Waals surface area contributed by atoms with Gasteiger partial charge < -0.3 is 15.4 Å². The maximum absolute atomic E-state index is 12.5. The van der Waals surface area contributed by atoms with E-state index in [2.05, 4.69) is 16.8 Å². The number of nitrogens with two attached hydrogens (primary N) is 1. The zero-order chi connectivity index (χ0) is 12.5. The highest BCUT2D eigenvalue weighted by Gasteiger charge is 2.39. The molecule has 1 amide bonds. The fourth-order valence-electron chi connectivity index (χ4n) is 2.88. The van der Waals surface area contributed by atoms with Gasteiger partial charge in [-0.25, -0.2) is 0 Å². The molecule has 3 rings (SSSR count). The number of ether oxygens (including phenoxy) is 1. The van der Waals surface area contributed by atoms with E-state index in [-0.39, 0.29) is 23.9 Å². The molecule has 2 aliphatic heterocycles. The summed E-state index contributed by atoms with van der Waals surface area (Å²) in [5.74, 6) is 0.0259. The van der Waals surface area contributed by atoms with E-state index < -0.39 is 0 Å². The maximum Gasteiger partial charge on any atom is 0.230 e. The second kappa shape index (κ2) is 4.99. The second-order valence-electron chi connectivity index (χ2n) is 5.05. The molecule has 0 aliphatic carbocycles. The normalized spacial score (nSPS) is 32.1. The predicted molar refractivity (Wildman–Crippen MR) is 70.3 cm³/mol. The van der Waals surface area contributed by atoms with E-state index in [4.69, 9.17) is 10.5 Å². The van der Waals surface area contributed by atoms with Gasteiger partial charge in [0.1, 0.15) is 0 Å². The molecular formula is C13H18N2O2S. The van der Waals surface area contributed by atoms with Crippen molar-refractivity contribution in [2.45, 2.75) is 24.9 Å². The maximum atomic E-state index is 12.5. The Morgan fingerprint density at radius 2 is 2.39 bits per heavy atom. The Hall–Kier alpha value is -0.910. The molecule has 0 bridgehead atoms. The first kappa shape index (κ1) is 12.1. The molecule has 18 heavy (non-hydrogen) atoms. The van der Waals surface area contributed by atoms with Crippen molar-refractivity contribution in [1.29, 1.82) is 0 Å². The van der Waals surface area contributed by atoms with Crippen LogP contribution in [0.1, 0.15) is 24.4 Å². The van der Waals surface area contributed by atoms with Crippen LogP contribution in [0.25, 0.3) is 0 Å². The highest BCUT2D eigenvalue weighted by atomic mass is 32.1. The number of carbonyl (C=O) groups excluding carboxylic acids is 1. The van der Waals surface area contributed by atoms with E-state index in [9.17, 15) is 4.79 Å². The third-order valence-electron chi connectivity index (χ3n) is 3.91. The molecule has 2 aliphatic rings. The van der Waals surface area contributed by atoms with Crippen molar-refractivity contribution in [3.05, 3.63) is 22.4 Å². The van der Waals surface area contributed by atoms with Gasteiger partial charge in [0.25, 0.3) is 0 Å². The zero-order valence-electron chi connectivity index (χ0n) is 10.2. The van der Waals surface area contributed by atoms with Crippen LogP contribution < -0.4 is 5.73 Å². The lowest BCUT2D eigenvalue weighted by Crippen LogP contribution is -2.43. The molecule has 0 saturated carbocycles. The summed E-state index contributed by atoms with van der Waals surface area (Å²) >= 11 is 1.69. The Morgan fingerprint density at radius 3 is 3.06 bits per heavy atom. The summed E-state index contributed by atoms with van der Waals surface area (Å²) in [6, 6.07) is 2.23. The molecule has 0 spiro atoms. The third kappa shape index (κ3) is 2.06. The lowest BCUT2D eigenvalue weighted by molar-refractivity contribution is -0.136. The van der Waals surface area contributed by atoms with Crippen LogP contribution in [0.3, 0.4) is 0 Å². The average molecular weight is 266 g/mol. The number of amides is 1. The minimum Gasteiger partial charge on any atom is -0.379 e. The molecule has 5 heteroatoms. The first-order chi connectivity index (χ1) is 8.77. The molecule has 3 heterocycles. The number of rotatable bonds is 2. The third-order valence-corrected chi connectivity index (χ3v) is 4.61. The van der Waals surface area contributed by atoms with Crippen molar-refractivity contribution in [2.75, 3.05) is 19.8 Å². The Balaban J connectivity index is 1.76. The van der Waals surface area contributed by atoms with Crippen molar-refractivity contribution in [3.63, 3.8) is 0 Å². The largest absolute Gasteiger partial charge is 0.379 e. The topological polar surface area (TPSA) is 55.6 Å². The Kier molecular flexibility index (Phi) is 3.37. The summed E-state index contributed by atoms with van der Waals surface area (Å²) in [4.78, 5) is 14.5. The summed E-state index contributed by atoms with van der Waals surface area (Å²) in [7, 11) is 0. The summed E-state index contributed by atoms with van der Waals surface area (Å²) < 4.78 is 5.31. The fraction of sp³-hybridized carbons (Fsp3) is 0.615. The van der Waals surface area contributed by atoms with Gasteiger partial charge in [-0.05, 0) is 35.2 Å². The van der Waals surface area contributed by atoms with Crippen molar-refractivity contribution in [3.8, 4) is 0 Å². The van der Waals surface area contributed by atoms with Crippen LogP contribution in [0, 0.1) is 5.92 Å². The van der Waals surface area contributed by atoms with Gasteiger partial charge in [-0.3, -0.25) is 4.79 Å². The molecule has 2 N–H and O–H groups in total. The molecule has 0 aromatic carbocycles. The van der Waals surface area contributed by atoms with E-state index in [1.54, 1.807) is 11.3 Å². The highest BCUT2D eigenvalue weighted by molar-refractivity contribution is 7.07. The van der Waals surface area contributed by atoms with Gasteiger partial charge in [0.05, 0.1) is 25.2 Å². The van der Waals surface area contributed by atoms with Crippen LogP contribution in [0.2, 0.25) is 0 Å². The molecule has 2 fully saturated rings. The van der Waals surface area contributed by atoms with Gasteiger partial charge in [0.2, 0.25) is 5.91 Å². The number of nitrogens with zero attached hydrogens (tertiary/aromatic N) is 1. The Labute approximate surface area is 111 Å². The van der Waals surface area contributed by atoms with Crippen LogP contribution in [0.15, 0.2) is 16.8 Å². The van der Waals surface area contributed by atoms with Crippen molar-refractivity contribution < 1.29 is 9.53 Å². The summed E-state index contributed by atoms with van der Waals surface area (Å²) in [6.45, 7) is 1.84. The van der Waals surface area contributed by atoms with Crippen LogP contribution in [0.5, 0.6) is 0 Å². The number of likely N-dealkylation sites (tertiary alicyclic amines) is 1. The van der Waals surface area contributed by atoms with Crippen LogP contribution in [-0.2, 0) is 9.53 Å². The smallest absolute Gasteiger partial charge is 0.230 e. The quantitative estimate of drug-likeness (QED) is 0.880. The van der Waals surface area contributed by atoms with Gasteiger partial charge in [0, 0.05) is 12.6 Å². The molecular weight excluding hydrogens is 248 g/mol. The monoisotopic (exact) mass is 266 g/mol. The van der Waals surface area contributed by atoms with Gasteiger partial charge in [-0.15, -0.1) is 0 Å². The molecule has 1 aromatic heterocycles. The van der Waals surface area contributed by atoms with Gasteiger partial charge in [-0.1, -0.05) is 0 Å². The molecule has 2 saturated heterocycles. The standard InChI is InChI=1S/C13H18N2O2S/c14-11-7-17-6-10(11)13(16)15-4-1-2-12(15)9-3-5-18-8-9/h3,5,8,10-12H,1-2,4,6-7,14H2. The minimum absolute atomic E-state index is 0.138. The number of hydrogen-bond acceptors (Lipinski definition) is 4. The predicted octanol–water partition coefficient (Wildman–Crippen LogP) is 1.39.